The maximum atomic E-state index is 10.0. The van der Waals surface area contributed by atoms with Crippen molar-refractivity contribution in [3.05, 3.63) is 11.8 Å². The van der Waals surface area contributed by atoms with E-state index in [2.05, 4.69) is 0 Å². The Kier molecular flexibility index (Phi) is 2.12. The SMILES string of the molecule is CC(=[N-])[CH+]C(C)=O. The lowest BCUT2D eigenvalue weighted by atomic mass is 10.2. The predicted octanol–water partition coefficient (Wildman–Crippen LogP) is 0.810. The Morgan fingerprint density at radius 1 is 1.57 bits per heavy atom. The summed E-state index contributed by atoms with van der Waals surface area (Å²) in [4.78, 5) is 10.0. The number of nitrogens with zero attached hydrogens (tertiary/aromatic N) is 1. The molecule has 0 bridgehead atoms. The van der Waals surface area contributed by atoms with E-state index in [0.29, 0.717) is 0 Å². The molecule has 2 nitrogen and oxygen atoms in total. The van der Waals surface area contributed by atoms with Crippen LogP contribution in [-0.4, -0.2) is 11.5 Å². The highest BCUT2D eigenvalue weighted by atomic mass is 16.1. The van der Waals surface area contributed by atoms with Crippen molar-refractivity contribution < 1.29 is 4.79 Å². The van der Waals surface area contributed by atoms with Gasteiger partial charge in [-0.05, 0) is 12.6 Å². The summed E-state index contributed by atoms with van der Waals surface area (Å²) in [6.45, 7) is 2.85. The molecule has 0 radical (unpaired) electrons. The van der Waals surface area contributed by atoms with Crippen LogP contribution in [0.15, 0.2) is 0 Å². The molecule has 0 fully saturated rings. The summed E-state index contributed by atoms with van der Waals surface area (Å²) in [6, 6.07) is 0. The van der Waals surface area contributed by atoms with Crippen molar-refractivity contribution in [3.63, 3.8) is 0 Å². The first-order valence-electron chi connectivity index (χ1n) is 2.01. The molecular formula is C5H7NO. The molecule has 0 aromatic heterocycles. The van der Waals surface area contributed by atoms with Crippen LogP contribution in [0, 0.1) is 6.42 Å². The van der Waals surface area contributed by atoms with Crippen molar-refractivity contribution in [3.8, 4) is 0 Å². The van der Waals surface area contributed by atoms with Gasteiger partial charge in [-0.1, -0.05) is 0 Å². The highest BCUT2D eigenvalue weighted by molar-refractivity contribution is 6.12. The third-order valence-corrected chi connectivity index (χ3v) is 0.412. The largest absolute Gasteiger partial charge is 0.767 e. The Balaban J connectivity index is 3.32. The summed E-state index contributed by atoms with van der Waals surface area (Å²) in [5, 5.41) is 8.36. The summed E-state index contributed by atoms with van der Waals surface area (Å²) < 4.78 is 0. The molecule has 0 aliphatic heterocycles. The lowest BCUT2D eigenvalue weighted by molar-refractivity contribution is -0.113. The third-order valence-electron chi connectivity index (χ3n) is 0.412. The Morgan fingerprint density at radius 3 is 2.00 bits per heavy atom. The summed E-state index contributed by atoms with van der Waals surface area (Å²) in [5.41, 5.74) is 0.0625. The van der Waals surface area contributed by atoms with Crippen LogP contribution in [0.4, 0.5) is 0 Å². The van der Waals surface area contributed by atoms with Gasteiger partial charge in [0.1, 0.15) is 0 Å². The minimum Gasteiger partial charge on any atom is -0.767 e. The second kappa shape index (κ2) is 2.39. The molecule has 0 aliphatic rings. The van der Waals surface area contributed by atoms with E-state index in [1.807, 2.05) is 0 Å². The third kappa shape index (κ3) is 5.21. The minimum absolute atomic E-state index is 0.0625. The van der Waals surface area contributed by atoms with Crippen LogP contribution in [-0.2, 0) is 4.79 Å². The van der Waals surface area contributed by atoms with Crippen LogP contribution >= 0.6 is 0 Å². The molecule has 0 aromatic carbocycles. The van der Waals surface area contributed by atoms with Gasteiger partial charge in [0, 0.05) is 6.92 Å². The number of hydrogen-bond donors (Lipinski definition) is 0. The molecule has 38 valence electrons. The topological polar surface area (TPSA) is 39.4 Å². The van der Waals surface area contributed by atoms with E-state index in [1.165, 1.54) is 20.3 Å². The van der Waals surface area contributed by atoms with Gasteiger partial charge in [0.15, 0.2) is 6.42 Å². The summed E-state index contributed by atoms with van der Waals surface area (Å²) in [5.74, 6) is -0.125. The Labute approximate surface area is 43.0 Å². The molecule has 0 spiro atoms. The standard InChI is InChI=1S/C5H7NO/c1-4(6)3-5(2)7/h3H,1-2H3. The number of ketones is 1. The van der Waals surface area contributed by atoms with Crippen molar-refractivity contribution in [2.75, 3.05) is 0 Å². The zero-order chi connectivity index (χ0) is 5.86. The first-order valence-corrected chi connectivity index (χ1v) is 2.01. The second-order valence-corrected chi connectivity index (χ2v) is 1.40. The van der Waals surface area contributed by atoms with Crippen molar-refractivity contribution in [2.24, 2.45) is 0 Å². The lowest BCUT2D eigenvalue weighted by Gasteiger charge is -1.84. The zero-order valence-electron chi connectivity index (χ0n) is 4.43. The minimum atomic E-state index is -0.125. The molecular weight excluding hydrogens is 90.1 g/mol. The van der Waals surface area contributed by atoms with Crippen molar-refractivity contribution >= 4 is 11.5 Å². The quantitative estimate of drug-likeness (QED) is 0.371. The fourth-order valence-electron chi connectivity index (χ4n) is 0.294. The number of hydrogen-bond acceptors (Lipinski definition) is 1. The number of carbonyl (C=O) groups excluding carboxylic acids is 1. The van der Waals surface area contributed by atoms with E-state index >= 15 is 0 Å². The van der Waals surface area contributed by atoms with Crippen LogP contribution in [0.2, 0.25) is 0 Å². The van der Waals surface area contributed by atoms with E-state index < -0.39 is 0 Å². The van der Waals surface area contributed by atoms with Gasteiger partial charge in [-0.3, -0.25) is 0 Å². The van der Waals surface area contributed by atoms with Crippen LogP contribution in [0.25, 0.3) is 5.41 Å². The van der Waals surface area contributed by atoms with Gasteiger partial charge in [-0.2, -0.15) is 0 Å². The first kappa shape index (κ1) is 6.21. The Morgan fingerprint density at radius 2 is 2.00 bits per heavy atom. The monoisotopic (exact) mass is 97.1 g/mol. The Hall–Kier alpha value is -0.790. The van der Waals surface area contributed by atoms with Gasteiger partial charge < -0.3 is 5.41 Å². The molecule has 0 atom stereocenters. The molecule has 0 amide bonds. The fourth-order valence-corrected chi connectivity index (χ4v) is 0.294. The predicted molar refractivity (Wildman–Crippen MR) is 29.0 cm³/mol. The summed E-state index contributed by atoms with van der Waals surface area (Å²) >= 11 is 0. The molecule has 0 saturated heterocycles. The maximum Gasteiger partial charge on any atom is 0.306 e. The van der Waals surface area contributed by atoms with Gasteiger partial charge in [0.2, 0.25) is 0 Å². The van der Waals surface area contributed by atoms with Crippen molar-refractivity contribution in [2.45, 2.75) is 13.8 Å². The highest BCUT2D eigenvalue weighted by Crippen LogP contribution is 1.80. The molecule has 7 heavy (non-hydrogen) atoms. The van der Waals surface area contributed by atoms with Gasteiger partial charge in [-0.25, -0.2) is 4.79 Å². The van der Waals surface area contributed by atoms with Crippen molar-refractivity contribution in [1.82, 2.24) is 0 Å². The van der Waals surface area contributed by atoms with E-state index in [-0.39, 0.29) is 11.5 Å². The van der Waals surface area contributed by atoms with Gasteiger partial charge in [-0.15, -0.1) is 0 Å². The fraction of sp³-hybridized carbons (Fsp3) is 0.400. The van der Waals surface area contributed by atoms with Crippen LogP contribution in [0.1, 0.15) is 13.8 Å². The van der Waals surface area contributed by atoms with Gasteiger partial charge in [0.25, 0.3) is 0 Å². The van der Waals surface area contributed by atoms with Crippen molar-refractivity contribution in [1.29, 1.82) is 0 Å². The second-order valence-electron chi connectivity index (χ2n) is 1.40. The number of carbonyl (C=O) groups is 1. The van der Waals surface area contributed by atoms with E-state index in [1.54, 1.807) is 0 Å². The van der Waals surface area contributed by atoms with Crippen LogP contribution in [0.5, 0.6) is 0 Å². The average molecular weight is 97.1 g/mol. The molecule has 0 saturated carbocycles. The molecule has 0 aliphatic carbocycles. The maximum absolute atomic E-state index is 10.0. The summed E-state index contributed by atoms with van der Waals surface area (Å²) in [7, 11) is 0. The smallest absolute Gasteiger partial charge is 0.306 e. The highest BCUT2D eigenvalue weighted by Gasteiger charge is 1.99. The normalized spacial score (nSPS) is 7.71. The molecule has 0 aromatic rings. The van der Waals surface area contributed by atoms with E-state index in [0.717, 1.165) is 0 Å². The van der Waals surface area contributed by atoms with Gasteiger partial charge >= 0.3 is 5.78 Å². The molecule has 0 rings (SSSR count). The lowest BCUT2D eigenvalue weighted by Crippen LogP contribution is -1.97. The molecule has 0 unspecified atom stereocenters. The molecule has 0 heterocycles. The zero-order valence-corrected chi connectivity index (χ0v) is 4.43. The molecule has 0 N–H and O–H groups in total. The van der Waals surface area contributed by atoms with Crippen LogP contribution < -0.4 is 0 Å². The van der Waals surface area contributed by atoms with Crippen LogP contribution in [0.3, 0.4) is 0 Å². The molecule has 2 heteroatoms. The number of Topliss-reactive ketones (excluding diaryl/α,β-unsaturated/α-hetero) is 1. The number of rotatable bonds is 2. The summed E-state index contributed by atoms with van der Waals surface area (Å²) in [6.07, 6.45) is 1.17. The first-order chi connectivity index (χ1) is 3.13. The average Bonchev–Trinajstić information content (AvgIpc) is 1.27. The van der Waals surface area contributed by atoms with E-state index in [9.17, 15) is 4.79 Å². The Bertz CT molecular complexity index is 84.3. The van der Waals surface area contributed by atoms with E-state index in [4.69, 9.17) is 5.41 Å². The van der Waals surface area contributed by atoms with Gasteiger partial charge in [0.05, 0.1) is 0 Å².